The van der Waals surface area contributed by atoms with E-state index in [0.29, 0.717) is 0 Å². The molecule has 2 aliphatic carbocycles. The molecule has 8 aromatic rings. The molecule has 2 aliphatic rings. The Morgan fingerprint density at radius 2 is 0.867 bits per heavy atom. The highest BCUT2D eigenvalue weighted by molar-refractivity contribution is 6.52. The molecule has 0 heterocycles. The lowest BCUT2D eigenvalue weighted by atomic mass is 9.90. The third-order valence-corrected chi connectivity index (χ3v) is 8.52. The van der Waals surface area contributed by atoms with Gasteiger partial charge in [0.1, 0.15) is 0 Å². The normalized spacial score (nSPS) is 15.1. The number of hydrogen-bond acceptors (Lipinski definition) is 0. The van der Waals surface area contributed by atoms with Gasteiger partial charge in [0.15, 0.2) is 0 Å². The van der Waals surface area contributed by atoms with E-state index < -0.39 is 0 Å². The third-order valence-electron chi connectivity index (χ3n) is 8.52. The van der Waals surface area contributed by atoms with Crippen molar-refractivity contribution in [1.82, 2.24) is 0 Å². The molecule has 0 spiro atoms. The topological polar surface area (TPSA) is 0 Å². The van der Waals surface area contributed by atoms with Crippen LogP contribution in [0.5, 0.6) is 0 Å². The average Bonchev–Trinajstić information content (AvgIpc) is 3.45. The molecule has 0 heteroatoms. The van der Waals surface area contributed by atoms with Crippen molar-refractivity contribution in [3.05, 3.63) is 82.9 Å². The summed E-state index contributed by atoms with van der Waals surface area (Å²) >= 11 is 0. The Morgan fingerprint density at radius 3 is 1.40 bits per heavy atom. The van der Waals surface area contributed by atoms with Crippen molar-refractivity contribution in [2.45, 2.75) is 12.8 Å². The van der Waals surface area contributed by atoms with Crippen molar-refractivity contribution in [2.24, 2.45) is 0 Å². The molecule has 8 aromatic carbocycles. The lowest BCUT2D eigenvalue weighted by Crippen LogP contribution is -1.91. The van der Waals surface area contributed by atoms with Gasteiger partial charge in [0.25, 0.3) is 0 Å². The van der Waals surface area contributed by atoms with Crippen LogP contribution in [0.1, 0.15) is 22.3 Å². The summed E-state index contributed by atoms with van der Waals surface area (Å²) in [5, 5.41) is 21.1. The van der Waals surface area contributed by atoms with Gasteiger partial charge in [0.05, 0.1) is 0 Å². The summed E-state index contributed by atoms with van der Waals surface area (Å²) in [7, 11) is 0. The van der Waals surface area contributed by atoms with Gasteiger partial charge >= 0.3 is 0 Å². The molecule has 30 heavy (non-hydrogen) atoms. The van der Waals surface area contributed by atoms with Gasteiger partial charge in [-0.2, -0.15) is 0 Å². The van der Waals surface area contributed by atoms with E-state index in [1.807, 2.05) is 0 Å². The quantitative estimate of drug-likeness (QED) is 0.237. The molecule has 0 bridgehead atoms. The van der Waals surface area contributed by atoms with Crippen LogP contribution in [0.15, 0.2) is 60.7 Å². The first-order valence-electron chi connectivity index (χ1n) is 11.0. The minimum absolute atomic E-state index is 1.10. The van der Waals surface area contributed by atoms with Crippen molar-refractivity contribution in [1.29, 1.82) is 0 Å². The molecule has 0 aromatic heterocycles. The van der Waals surface area contributed by atoms with E-state index >= 15 is 0 Å². The molecule has 0 saturated heterocycles. The van der Waals surface area contributed by atoms with Crippen molar-refractivity contribution < 1.29 is 0 Å². The van der Waals surface area contributed by atoms with Crippen LogP contribution in [-0.4, -0.2) is 0 Å². The van der Waals surface area contributed by atoms with E-state index in [1.54, 1.807) is 32.7 Å². The Hall–Kier alpha value is -3.64. The maximum absolute atomic E-state index is 2.39. The van der Waals surface area contributed by atoms with Gasteiger partial charge in [-0.1, -0.05) is 60.7 Å². The highest BCUT2D eigenvalue weighted by Crippen LogP contribution is 2.58. The minimum atomic E-state index is 1.10. The van der Waals surface area contributed by atoms with Crippen molar-refractivity contribution in [3.8, 4) is 0 Å². The zero-order valence-electron chi connectivity index (χ0n) is 16.2. The zero-order chi connectivity index (χ0) is 18.9. The molecule has 0 saturated carbocycles. The van der Waals surface area contributed by atoms with Crippen LogP contribution >= 0.6 is 0 Å². The van der Waals surface area contributed by atoms with Crippen LogP contribution in [0, 0.1) is 0 Å². The molecule has 0 atom stereocenters. The fraction of sp³-hybridized carbons (Fsp3) is 0.0667. The summed E-state index contributed by atoms with van der Waals surface area (Å²) in [4.78, 5) is 0. The number of rotatable bonds is 0. The summed E-state index contributed by atoms with van der Waals surface area (Å²) in [5.74, 6) is 0. The first kappa shape index (κ1) is 13.6. The van der Waals surface area contributed by atoms with Crippen molar-refractivity contribution >= 4 is 75.4 Å². The first-order chi connectivity index (χ1) is 14.9. The molecule has 0 amide bonds. The summed E-state index contributed by atoms with van der Waals surface area (Å²) in [6.45, 7) is 0. The standard InChI is InChI=1S/C30H14/c1-3-14-11-20-21-12-15-4-2-6-17-19-10-8-13-7-9-18-16(5-1)22(14)27(20)29-25(18)24(13)26(19)30(29)28(21)23(15)17/h1-10H,11-12H2. The van der Waals surface area contributed by atoms with Crippen LogP contribution in [0.25, 0.3) is 75.4 Å². The second kappa shape index (κ2) is 3.87. The van der Waals surface area contributed by atoms with Gasteiger partial charge in [-0.15, -0.1) is 0 Å². The SMILES string of the molecule is c1cc2c3c(c1)c1ccc4ccc5c6cccc7c6c6c(c(c3c3c1c4c5c63)C2)C7. The third kappa shape index (κ3) is 1.09. The van der Waals surface area contributed by atoms with E-state index in [2.05, 4.69) is 60.7 Å². The average molecular weight is 374 g/mol. The van der Waals surface area contributed by atoms with Crippen LogP contribution in [0.3, 0.4) is 0 Å². The Bertz CT molecular complexity index is 1940. The Balaban J connectivity index is 1.78. The molecule has 0 fully saturated rings. The maximum Gasteiger partial charge on any atom is -0.000397 e. The molecule has 134 valence electrons. The predicted molar refractivity (Wildman–Crippen MR) is 128 cm³/mol. The van der Waals surface area contributed by atoms with E-state index in [1.165, 1.54) is 65.0 Å². The highest BCUT2D eigenvalue weighted by atomic mass is 14.4. The fourth-order valence-electron chi connectivity index (χ4n) is 7.60. The van der Waals surface area contributed by atoms with Gasteiger partial charge in [0.2, 0.25) is 0 Å². The number of fused-ring (bicyclic) bond motifs is 3. The smallest absolute Gasteiger partial charge is 0.000397 e. The summed E-state index contributed by atoms with van der Waals surface area (Å²) in [6.07, 6.45) is 2.19. The monoisotopic (exact) mass is 374 g/mol. The van der Waals surface area contributed by atoms with E-state index in [9.17, 15) is 0 Å². The second-order valence-corrected chi connectivity index (χ2v) is 9.56. The lowest BCUT2D eigenvalue weighted by molar-refractivity contribution is 1.18. The van der Waals surface area contributed by atoms with E-state index in [0.717, 1.165) is 12.8 Å². The molecule has 0 N–H and O–H groups in total. The summed E-state index contributed by atoms with van der Waals surface area (Å²) in [6, 6.07) is 23.5. The minimum Gasteiger partial charge on any atom is -0.0613 e. The predicted octanol–water partition coefficient (Wildman–Crippen LogP) is 7.88. The maximum atomic E-state index is 2.39. The zero-order valence-corrected chi connectivity index (χ0v) is 16.2. The molecular weight excluding hydrogens is 360 g/mol. The molecule has 10 rings (SSSR count). The van der Waals surface area contributed by atoms with E-state index in [4.69, 9.17) is 0 Å². The molecule has 0 aliphatic heterocycles. The van der Waals surface area contributed by atoms with Gasteiger partial charge < -0.3 is 0 Å². The van der Waals surface area contributed by atoms with Gasteiger partial charge in [0, 0.05) is 0 Å². The van der Waals surface area contributed by atoms with Crippen LogP contribution < -0.4 is 0 Å². The summed E-state index contributed by atoms with van der Waals surface area (Å²) < 4.78 is 0. The van der Waals surface area contributed by atoms with Crippen LogP contribution in [0.2, 0.25) is 0 Å². The lowest BCUT2D eigenvalue weighted by Gasteiger charge is -2.12. The molecular formula is C30H14. The summed E-state index contributed by atoms with van der Waals surface area (Å²) in [5.41, 5.74) is 6.28. The molecule has 0 radical (unpaired) electrons. The highest BCUT2D eigenvalue weighted by Gasteiger charge is 2.33. The van der Waals surface area contributed by atoms with Gasteiger partial charge in [-0.3, -0.25) is 0 Å². The van der Waals surface area contributed by atoms with Crippen molar-refractivity contribution in [2.75, 3.05) is 0 Å². The molecule has 0 nitrogen and oxygen atoms in total. The molecule has 0 unspecified atom stereocenters. The Labute approximate surface area is 171 Å². The van der Waals surface area contributed by atoms with E-state index in [-0.39, 0.29) is 0 Å². The number of hydrogen-bond donors (Lipinski definition) is 0. The first-order valence-corrected chi connectivity index (χ1v) is 11.0. The second-order valence-electron chi connectivity index (χ2n) is 9.56. The van der Waals surface area contributed by atoms with Gasteiger partial charge in [-0.05, 0) is 111 Å². The Kier molecular flexibility index (Phi) is 1.75. The van der Waals surface area contributed by atoms with Gasteiger partial charge in [-0.25, -0.2) is 0 Å². The van der Waals surface area contributed by atoms with Crippen LogP contribution in [0.4, 0.5) is 0 Å². The number of benzene rings is 7. The van der Waals surface area contributed by atoms with Crippen molar-refractivity contribution in [3.63, 3.8) is 0 Å². The Morgan fingerprint density at radius 1 is 0.367 bits per heavy atom. The van der Waals surface area contributed by atoms with Crippen LogP contribution in [-0.2, 0) is 12.8 Å². The fourth-order valence-corrected chi connectivity index (χ4v) is 7.60. The largest absolute Gasteiger partial charge is 0.0613 e.